The summed E-state index contributed by atoms with van der Waals surface area (Å²) >= 11 is 0. The molecule has 0 spiro atoms. The van der Waals surface area contributed by atoms with Gasteiger partial charge in [-0.15, -0.1) is 13.2 Å². The van der Waals surface area contributed by atoms with Crippen LogP contribution in [0.15, 0.2) is 42.7 Å². The predicted molar refractivity (Wildman–Crippen MR) is 116 cm³/mol. The van der Waals surface area contributed by atoms with Crippen LogP contribution in [0.3, 0.4) is 0 Å². The van der Waals surface area contributed by atoms with Crippen molar-refractivity contribution in [3.8, 4) is 5.75 Å². The molecule has 8 nitrogen and oxygen atoms in total. The second-order valence-corrected chi connectivity index (χ2v) is 8.27. The van der Waals surface area contributed by atoms with Gasteiger partial charge in [-0.25, -0.2) is 9.69 Å². The third-order valence-corrected chi connectivity index (χ3v) is 5.87. The average molecular weight is 476 g/mol. The number of halogens is 3. The van der Waals surface area contributed by atoms with E-state index in [4.69, 9.17) is 0 Å². The fraction of sp³-hybridized carbons (Fsp3) is 0.391. The molecule has 2 fully saturated rings. The number of amides is 4. The van der Waals surface area contributed by atoms with Crippen molar-refractivity contribution in [2.24, 2.45) is 5.92 Å². The van der Waals surface area contributed by atoms with Crippen molar-refractivity contribution in [3.63, 3.8) is 0 Å². The Morgan fingerprint density at radius 3 is 2.47 bits per heavy atom. The number of benzene rings is 1. The summed E-state index contributed by atoms with van der Waals surface area (Å²) in [6, 6.07) is 5.54. The van der Waals surface area contributed by atoms with Gasteiger partial charge in [0.25, 0.3) is 5.91 Å². The summed E-state index contributed by atoms with van der Waals surface area (Å²) in [5, 5.41) is 2.90. The van der Waals surface area contributed by atoms with Gasteiger partial charge in [-0.2, -0.15) is 0 Å². The number of carbonyl (C=O) groups is 3. The largest absolute Gasteiger partial charge is 0.573 e. The molecule has 1 N–H and O–H groups in total. The molecule has 0 radical (unpaired) electrons. The fourth-order valence-electron chi connectivity index (χ4n) is 4.20. The van der Waals surface area contributed by atoms with Crippen LogP contribution in [-0.2, 0) is 16.1 Å². The number of imide groups is 1. The molecule has 1 saturated heterocycles. The Hall–Kier alpha value is -3.63. The number of hydrogen-bond acceptors (Lipinski definition) is 5. The summed E-state index contributed by atoms with van der Waals surface area (Å²) in [4.78, 5) is 44.4. The second-order valence-electron chi connectivity index (χ2n) is 8.27. The van der Waals surface area contributed by atoms with Crippen molar-refractivity contribution < 1.29 is 32.3 Å². The molecule has 11 heteroatoms. The molecule has 34 heavy (non-hydrogen) atoms. The summed E-state index contributed by atoms with van der Waals surface area (Å²) in [6.45, 7) is -0.156. The number of anilines is 2. The van der Waals surface area contributed by atoms with Crippen molar-refractivity contribution in [1.82, 2.24) is 9.88 Å². The first-order valence-corrected chi connectivity index (χ1v) is 10.9. The second kappa shape index (κ2) is 9.70. The molecule has 1 aliphatic heterocycles. The Morgan fingerprint density at radius 2 is 1.79 bits per heavy atom. The van der Waals surface area contributed by atoms with Gasteiger partial charge in [-0.05, 0) is 48.7 Å². The van der Waals surface area contributed by atoms with Crippen molar-refractivity contribution >= 4 is 29.2 Å². The van der Waals surface area contributed by atoms with E-state index in [9.17, 15) is 27.6 Å². The number of carbonyl (C=O) groups excluding carboxylic acids is 3. The number of ether oxygens (including phenoxy) is 1. The van der Waals surface area contributed by atoms with Gasteiger partial charge in [-0.3, -0.25) is 14.6 Å². The van der Waals surface area contributed by atoms with Crippen molar-refractivity contribution in [2.75, 3.05) is 16.8 Å². The molecular formula is C23H23F3N4O4. The number of aromatic nitrogens is 1. The van der Waals surface area contributed by atoms with Gasteiger partial charge in [-0.1, -0.05) is 19.3 Å². The third kappa shape index (κ3) is 5.46. The van der Waals surface area contributed by atoms with Crippen LogP contribution in [0.4, 0.5) is 29.3 Å². The Kier molecular flexibility index (Phi) is 6.71. The molecule has 1 aromatic carbocycles. The van der Waals surface area contributed by atoms with Gasteiger partial charge < -0.3 is 15.0 Å². The van der Waals surface area contributed by atoms with Crippen LogP contribution < -0.4 is 15.0 Å². The van der Waals surface area contributed by atoms with Crippen LogP contribution in [-0.4, -0.2) is 40.6 Å². The molecule has 0 bridgehead atoms. The third-order valence-electron chi connectivity index (χ3n) is 5.87. The molecule has 4 rings (SSSR count). The molecule has 1 aliphatic carbocycles. The Balaban J connectivity index is 1.45. The first-order chi connectivity index (χ1) is 16.2. The van der Waals surface area contributed by atoms with Crippen LogP contribution in [0.1, 0.15) is 37.7 Å². The lowest BCUT2D eigenvalue weighted by Crippen LogP contribution is -2.33. The number of alkyl halides is 3. The monoisotopic (exact) mass is 476 g/mol. The van der Waals surface area contributed by atoms with Gasteiger partial charge in [0.2, 0.25) is 5.91 Å². The molecule has 2 aliphatic rings. The lowest BCUT2D eigenvalue weighted by molar-refractivity contribution is -0.274. The lowest BCUT2D eigenvalue weighted by atomic mass is 9.88. The van der Waals surface area contributed by atoms with Gasteiger partial charge in [0, 0.05) is 12.1 Å². The first kappa shape index (κ1) is 23.5. The number of nitrogens with one attached hydrogen (secondary N) is 1. The SMILES string of the molecule is O=C(Nc1cnccc1CN1CC(=O)N(c2ccc(OC(F)(F)F)cc2)C1=O)C1CCCCC1. The minimum Gasteiger partial charge on any atom is -0.406 e. The van der Waals surface area contributed by atoms with Gasteiger partial charge in [0.05, 0.1) is 24.1 Å². The van der Waals surface area contributed by atoms with E-state index < -0.39 is 24.1 Å². The summed E-state index contributed by atoms with van der Waals surface area (Å²) in [5.41, 5.74) is 1.23. The summed E-state index contributed by atoms with van der Waals surface area (Å²) in [7, 11) is 0. The first-order valence-electron chi connectivity index (χ1n) is 10.9. The zero-order valence-corrected chi connectivity index (χ0v) is 18.2. The van der Waals surface area contributed by atoms with E-state index in [1.807, 2.05) is 0 Å². The fourth-order valence-corrected chi connectivity index (χ4v) is 4.20. The summed E-state index contributed by atoms with van der Waals surface area (Å²) in [5.74, 6) is -1.11. The maximum absolute atomic E-state index is 12.9. The smallest absolute Gasteiger partial charge is 0.406 e. The summed E-state index contributed by atoms with van der Waals surface area (Å²) < 4.78 is 40.9. The van der Waals surface area contributed by atoms with Gasteiger partial charge in [0.1, 0.15) is 12.3 Å². The molecule has 180 valence electrons. The van der Waals surface area contributed by atoms with Crippen molar-refractivity contribution in [3.05, 3.63) is 48.3 Å². The minimum atomic E-state index is -4.84. The van der Waals surface area contributed by atoms with E-state index in [2.05, 4.69) is 15.0 Å². The molecular weight excluding hydrogens is 453 g/mol. The predicted octanol–water partition coefficient (Wildman–Crippen LogP) is 4.47. The van der Waals surface area contributed by atoms with Crippen LogP contribution in [0, 0.1) is 5.92 Å². The maximum Gasteiger partial charge on any atom is 0.573 e. The van der Waals surface area contributed by atoms with E-state index >= 15 is 0 Å². The van der Waals surface area contributed by atoms with E-state index in [0.29, 0.717) is 11.3 Å². The number of hydrogen-bond donors (Lipinski definition) is 1. The van der Waals surface area contributed by atoms with E-state index in [1.165, 1.54) is 29.4 Å². The number of pyridine rings is 1. The van der Waals surface area contributed by atoms with E-state index in [-0.39, 0.29) is 30.6 Å². The van der Waals surface area contributed by atoms with Crippen molar-refractivity contribution in [2.45, 2.75) is 45.0 Å². The Labute approximate surface area is 193 Å². The van der Waals surface area contributed by atoms with Crippen molar-refractivity contribution in [1.29, 1.82) is 0 Å². The molecule has 0 atom stereocenters. The normalized spacial score (nSPS) is 17.3. The quantitative estimate of drug-likeness (QED) is 0.622. The number of rotatable bonds is 6. The molecule has 1 saturated carbocycles. The summed E-state index contributed by atoms with van der Waals surface area (Å²) in [6.07, 6.45) is 3.03. The van der Waals surface area contributed by atoms with Gasteiger partial charge in [0.15, 0.2) is 0 Å². The minimum absolute atomic E-state index is 0.0547. The highest BCUT2D eigenvalue weighted by Crippen LogP contribution is 2.29. The highest BCUT2D eigenvalue weighted by Gasteiger charge is 2.38. The highest BCUT2D eigenvalue weighted by molar-refractivity contribution is 6.19. The lowest BCUT2D eigenvalue weighted by Gasteiger charge is -2.22. The van der Waals surface area contributed by atoms with E-state index in [0.717, 1.165) is 49.1 Å². The van der Waals surface area contributed by atoms with Gasteiger partial charge >= 0.3 is 12.4 Å². The molecule has 1 aromatic heterocycles. The molecule has 0 unspecified atom stereocenters. The van der Waals surface area contributed by atoms with E-state index in [1.54, 1.807) is 6.07 Å². The van der Waals surface area contributed by atoms with Crippen LogP contribution in [0.5, 0.6) is 5.75 Å². The van der Waals surface area contributed by atoms with Crippen LogP contribution >= 0.6 is 0 Å². The highest BCUT2D eigenvalue weighted by atomic mass is 19.4. The Morgan fingerprint density at radius 1 is 1.09 bits per heavy atom. The standard InChI is InChI=1S/C23H23F3N4O4/c24-23(25,26)34-18-8-6-17(7-9-18)30-20(31)14-29(22(30)33)13-16-10-11-27-12-19(16)28-21(32)15-4-2-1-3-5-15/h6-12,15H,1-5,13-14H2,(H,28,32). The number of nitrogens with zero attached hydrogens (tertiary/aromatic N) is 3. The Bertz CT molecular complexity index is 1070. The van der Waals surface area contributed by atoms with Crippen LogP contribution in [0.2, 0.25) is 0 Å². The maximum atomic E-state index is 12.9. The molecule has 2 aromatic rings. The average Bonchev–Trinajstić information content (AvgIpc) is 3.08. The van der Waals surface area contributed by atoms with Crippen LogP contribution in [0.25, 0.3) is 0 Å². The zero-order chi connectivity index (χ0) is 24.3. The molecule has 4 amide bonds. The number of urea groups is 1. The zero-order valence-electron chi connectivity index (χ0n) is 18.2. The molecule has 2 heterocycles. The topological polar surface area (TPSA) is 91.8 Å².